The van der Waals surface area contributed by atoms with E-state index in [2.05, 4.69) is 5.32 Å². The lowest BCUT2D eigenvalue weighted by Crippen LogP contribution is -2.38. The van der Waals surface area contributed by atoms with Gasteiger partial charge in [-0.25, -0.2) is 12.8 Å². The van der Waals surface area contributed by atoms with Crippen molar-refractivity contribution in [3.63, 3.8) is 0 Å². The summed E-state index contributed by atoms with van der Waals surface area (Å²) in [5.74, 6) is -0.304. The standard InChI is InChI=1S/C14H17FN2O4S/c15-10-5-11(8-18)17(7-10)22(20,21)12-2-1-9-3-4-16-14(19)13(9)6-12/h1-2,6,10-11,18H,3-5,7-8H2,(H,16,19)/t10-,11-/m0/s1. The average molecular weight is 328 g/mol. The minimum absolute atomic E-state index is 0.0127. The van der Waals surface area contributed by atoms with Gasteiger partial charge in [0, 0.05) is 18.7 Å². The number of aliphatic hydroxyl groups excluding tert-OH is 1. The van der Waals surface area contributed by atoms with Gasteiger partial charge in [0.15, 0.2) is 0 Å². The van der Waals surface area contributed by atoms with E-state index in [1.54, 1.807) is 6.07 Å². The molecule has 1 aromatic carbocycles. The molecule has 6 nitrogen and oxygen atoms in total. The van der Waals surface area contributed by atoms with Crippen LogP contribution in [-0.2, 0) is 16.4 Å². The zero-order chi connectivity index (χ0) is 15.9. The van der Waals surface area contributed by atoms with E-state index < -0.39 is 28.8 Å². The summed E-state index contributed by atoms with van der Waals surface area (Å²) in [4.78, 5) is 11.8. The molecule has 2 aliphatic heterocycles. The highest BCUT2D eigenvalue weighted by Gasteiger charge is 2.40. The molecule has 120 valence electrons. The quantitative estimate of drug-likeness (QED) is 0.822. The van der Waals surface area contributed by atoms with Crippen molar-refractivity contribution < 1.29 is 22.7 Å². The first-order chi connectivity index (χ1) is 10.4. The van der Waals surface area contributed by atoms with E-state index in [0.29, 0.717) is 18.5 Å². The van der Waals surface area contributed by atoms with Crippen LogP contribution in [0.2, 0.25) is 0 Å². The number of carbonyl (C=O) groups excluding carboxylic acids is 1. The number of carbonyl (C=O) groups is 1. The number of nitrogens with zero attached hydrogens (tertiary/aromatic N) is 1. The highest BCUT2D eigenvalue weighted by Crippen LogP contribution is 2.29. The number of nitrogens with one attached hydrogen (secondary N) is 1. The van der Waals surface area contributed by atoms with Gasteiger partial charge >= 0.3 is 0 Å². The molecule has 3 rings (SSSR count). The van der Waals surface area contributed by atoms with Crippen LogP contribution in [0.25, 0.3) is 0 Å². The van der Waals surface area contributed by atoms with Gasteiger partial charge in [0.1, 0.15) is 6.17 Å². The van der Waals surface area contributed by atoms with E-state index in [9.17, 15) is 22.7 Å². The summed E-state index contributed by atoms with van der Waals surface area (Å²) in [6.45, 7) is -0.165. The van der Waals surface area contributed by atoms with Crippen molar-refractivity contribution in [3.8, 4) is 0 Å². The maximum atomic E-state index is 13.5. The molecule has 2 N–H and O–H groups in total. The van der Waals surface area contributed by atoms with Gasteiger partial charge in [-0.3, -0.25) is 4.79 Å². The van der Waals surface area contributed by atoms with Crippen LogP contribution < -0.4 is 5.32 Å². The monoisotopic (exact) mass is 328 g/mol. The number of hydrogen-bond acceptors (Lipinski definition) is 4. The molecule has 0 bridgehead atoms. The molecule has 0 aromatic heterocycles. The second kappa shape index (κ2) is 5.60. The van der Waals surface area contributed by atoms with Gasteiger partial charge in [0.25, 0.3) is 5.91 Å². The Bertz CT molecular complexity index is 707. The highest BCUT2D eigenvalue weighted by atomic mass is 32.2. The van der Waals surface area contributed by atoms with Gasteiger partial charge < -0.3 is 10.4 Å². The molecule has 1 amide bonds. The van der Waals surface area contributed by atoms with Crippen molar-refractivity contribution in [2.45, 2.75) is 30.0 Å². The first-order valence-corrected chi connectivity index (χ1v) is 8.55. The SMILES string of the molecule is O=C1NCCc2ccc(S(=O)(=O)N3C[C@@H](F)C[C@H]3CO)cc21. The van der Waals surface area contributed by atoms with E-state index in [4.69, 9.17) is 0 Å². The zero-order valence-electron chi connectivity index (χ0n) is 11.8. The molecule has 1 saturated heterocycles. The molecule has 0 unspecified atom stereocenters. The van der Waals surface area contributed by atoms with Gasteiger partial charge in [0.05, 0.1) is 17.5 Å². The molecule has 0 spiro atoms. The Morgan fingerprint density at radius 2 is 2.18 bits per heavy atom. The summed E-state index contributed by atoms with van der Waals surface area (Å²) in [7, 11) is -3.94. The second-order valence-electron chi connectivity index (χ2n) is 5.57. The minimum atomic E-state index is -3.94. The summed E-state index contributed by atoms with van der Waals surface area (Å²) >= 11 is 0. The molecule has 0 aliphatic carbocycles. The molecule has 2 heterocycles. The van der Waals surface area contributed by atoms with Gasteiger partial charge in [-0.05, 0) is 30.5 Å². The molecule has 2 atom stereocenters. The molecular weight excluding hydrogens is 311 g/mol. The second-order valence-corrected chi connectivity index (χ2v) is 7.46. The predicted molar refractivity (Wildman–Crippen MR) is 76.8 cm³/mol. The van der Waals surface area contributed by atoms with Gasteiger partial charge in [0.2, 0.25) is 10.0 Å². The third-order valence-corrected chi connectivity index (χ3v) is 6.05. The van der Waals surface area contributed by atoms with Gasteiger partial charge in [-0.15, -0.1) is 0 Å². The fraction of sp³-hybridized carbons (Fsp3) is 0.500. The number of hydrogen-bond donors (Lipinski definition) is 2. The number of rotatable bonds is 3. The molecule has 22 heavy (non-hydrogen) atoms. The maximum Gasteiger partial charge on any atom is 0.251 e. The van der Waals surface area contributed by atoms with Crippen LogP contribution in [0.4, 0.5) is 4.39 Å². The summed E-state index contributed by atoms with van der Waals surface area (Å²) in [6.07, 6.45) is -0.647. The third-order valence-electron chi connectivity index (χ3n) is 4.14. The molecule has 0 saturated carbocycles. The maximum absolute atomic E-state index is 13.5. The Kier molecular flexibility index (Phi) is 3.92. The van der Waals surface area contributed by atoms with Crippen molar-refractivity contribution in [2.75, 3.05) is 19.7 Å². The summed E-state index contributed by atoms with van der Waals surface area (Å²) in [6, 6.07) is 3.63. The van der Waals surface area contributed by atoms with Gasteiger partial charge in [-0.2, -0.15) is 4.31 Å². The van der Waals surface area contributed by atoms with Crippen molar-refractivity contribution in [2.24, 2.45) is 0 Å². The Hall–Kier alpha value is -1.51. The van der Waals surface area contributed by atoms with Crippen molar-refractivity contribution in [1.82, 2.24) is 9.62 Å². The molecule has 8 heteroatoms. The fourth-order valence-electron chi connectivity index (χ4n) is 2.98. The number of fused-ring (bicyclic) bond motifs is 1. The molecular formula is C14H17FN2O4S. The van der Waals surface area contributed by atoms with Crippen LogP contribution in [0.15, 0.2) is 23.1 Å². The molecule has 1 aromatic rings. The van der Waals surface area contributed by atoms with Gasteiger partial charge in [-0.1, -0.05) is 6.07 Å². The molecule has 1 fully saturated rings. The van der Waals surface area contributed by atoms with E-state index in [1.165, 1.54) is 12.1 Å². The number of sulfonamides is 1. The molecule has 0 radical (unpaired) electrons. The first kappa shape index (κ1) is 15.4. The summed E-state index contributed by atoms with van der Waals surface area (Å²) in [5.41, 5.74) is 1.13. The Balaban J connectivity index is 1.99. The lowest BCUT2D eigenvalue weighted by molar-refractivity contribution is 0.0945. The van der Waals surface area contributed by atoms with Crippen molar-refractivity contribution >= 4 is 15.9 Å². The number of amides is 1. The number of alkyl halides is 1. The van der Waals surface area contributed by atoms with Crippen LogP contribution in [0.3, 0.4) is 0 Å². The number of aliphatic hydroxyl groups is 1. The van der Waals surface area contributed by atoms with E-state index in [-0.39, 0.29) is 23.8 Å². The van der Waals surface area contributed by atoms with Crippen LogP contribution in [0.1, 0.15) is 22.3 Å². The Morgan fingerprint density at radius 1 is 1.41 bits per heavy atom. The third kappa shape index (κ3) is 2.51. The largest absolute Gasteiger partial charge is 0.395 e. The van der Waals surface area contributed by atoms with Crippen LogP contribution in [0, 0.1) is 0 Å². The first-order valence-electron chi connectivity index (χ1n) is 7.11. The topological polar surface area (TPSA) is 86.7 Å². The predicted octanol–water partition coefficient (Wildman–Crippen LogP) is 0.0659. The lowest BCUT2D eigenvalue weighted by Gasteiger charge is -2.23. The average Bonchev–Trinajstić information content (AvgIpc) is 2.89. The zero-order valence-corrected chi connectivity index (χ0v) is 12.6. The summed E-state index contributed by atoms with van der Waals surface area (Å²) < 4.78 is 39.8. The van der Waals surface area contributed by atoms with Crippen LogP contribution in [0.5, 0.6) is 0 Å². The smallest absolute Gasteiger partial charge is 0.251 e. The highest BCUT2D eigenvalue weighted by molar-refractivity contribution is 7.89. The van der Waals surface area contributed by atoms with Crippen LogP contribution >= 0.6 is 0 Å². The fourth-order valence-corrected chi connectivity index (χ4v) is 4.66. The van der Waals surface area contributed by atoms with Crippen LogP contribution in [-0.4, -0.2) is 55.6 Å². The lowest BCUT2D eigenvalue weighted by atomic mass is 10.0. The number of halogens is 1. The van der Waals surface area contributed by atoms with Crippen molar-refractivity contribution in [1.29, 1.82) is 0 Å². The Labute approximate surface area is 128 Å². The Morgan fingerprint density at radius 3 is 2.91 bits per heavy atom. The normalized spacial score (nSPS) is 25.8. The van der Waals surface area contributed by atoms with Crippen molar-refractivity contribution in [3.05, 3.63) is 29.3 Å². The minimum Gasteiger partial charge on any atom is -0.395 e. The number of benzene rings is 1. The summed E-state index contributed by atoms with van der Waals surface area (Å²) in [5, 5.41) is 11.9. The van der Waals surface area contributed by atoms with E-state index >= 15 is 0 Å². The van der Waals surface area contributed by atoms with E-state index in [1.807, 2.05) is 0 Å². The van der Waals surface area contributed by atoms with E-state index in [0.717, 1.165) is 9.87 Å². The molecule has 2 aliphatic rings.